The Morgan fingerprint density at radius 1 is 0.964 bits per heavy atom. The van der Waals surface area contributed by atoms with Gasteiger partial charge in [-0.25, -0.2) is 5.43 Å². The average molecular weight is 412 g/mol. The summed E-state index contributed by atoms with van der Waals surface area (Å²) < 4.78 is 0.550. The zero-order valence-electron chi connectivity index (χ0n) is 15.3. The van der Waals surface area contributed by atoms with Gasteiger partial charge in [-0.1, -0.05) is 41.9 Å². The first-order chi connectivity index (χ1) is 13.4. The van der Waals surface area contributed by atoms with Crippen LogP contribution >= 0.6 is 22.9 Å². The lowest BCUT2D eigenvalue weighted by Gasteiger charge is -2.08. The van der Waals surface area contributed by atoms with Crippen molar-refractivity contribution in [3.63, 3.8) is 0 Å². The van der Waals surface area contributed by atoms with Crippen molar-refractivity contribution in [2.24, 2.45) is 5.10 Å². The van der Waals surface area contributed by atoms with Crippen LogP contribution in [0.15, 0.2) is 65.8 Å². The molecule has 0 aliphatic heterocycles. The monoisotopic (exact) mass is 411 g/mol. The highest BCUT2D eigenvalue weighted by Crippen LogP contribution is 2.21. The number of nitrogens with zero attached hydrogens (tertiary/aromatic N) is 1. The Balaban J connectivity index is 1.64. The third kappa shape index (κ3) is 4.85. The number of benzene rings is 2. The SMILES string of the molecule is CC(=NNC(=O)c1ccc(Cl)s1)c1ccc(NC(=O)c2ccccc2C)cc1. The Labute approximate surface area is 172 Å². The van der Waals surface area contributed by atoms with Crippen molar-refractivity contribution in [2.45, 2.75) is 13.8 Å². The smallest absolute Gasteiger partial charge is 0.281 e. The van der Waals surface area contributed by atoms with Crippen LogP contribution in [-0.4, -0.2) is 17.5 Å². The van der Waals surface area contributed by atoms with E-state index < -0.39 is 0 Å². The number of aryl methyl sites for hydroxylation is 1. The van der Waals surface area contributed by atoms with Gasteiger partial charge in [0, 0.05) is 11.3 Å². The Bertz CT molecular complexity index is 1040. The highest BCUT2D eigenvalue weighted by atomic mass is 35.5. The standard InChI is InChI=1S/C21H18ClN3O2S/c1-13-5-3-4-6-17(13)20(26)23-16-9-7-15(8-10-16)14(2)24-25-21(27)18-11-12-19(22)28-18/h3-12H,1-2H3,(H,23,26)(H,25,27). The third-order valence-electron chi connectivity index (χ3n) is 4.07. The number of carbonyl (C=O) groups excluding carboxylic acids is 2. The molecule has 0 radical (unpaired) electrons. The summed E-state index contributed by atoms with van der Waals surface area (Å²) in [7, 11) is 0. The average Bonchev–Trinajstić information content (AvgIpc) is 3.13. The van der Waals surface area contributed by atoms with Crippen molar-refractivity contribution in [2.75, 3.05) is 5.32 Å². The Kier molecular flexibility index (Phi) is 6.23. The molecule has 2 amide bonds. The molecular weight excluding hydrogens is 394 g/mol. The maximum atomic E-state index is 12.4. The quantitative estimate of drug-likeness (QED) is 0.452. The van der Waals surface area contributed by atoms with E-state index >= 15 is 0 Å². The predicted octanol–water partition coefficient (Wildman–Crippen LogP) is 5.12. The fourth-order valence-corrected chi connectivity index (χ4v) is 3.44. The number of amides is 2. The van der Waals surface area contributed by atoms with E-state index in [0.717, 1.165) is 11.1 Å². The molecule has 142 valence electrons. The summed E-state index contributed by atoms with van der Waals surface area (Å²) >= 11 is 7.03. The number of nitrogens with one attached hydrogen (secondary N) is 2. The summed E-state index contributed by atoms with van der Waals surface area (Å²) in [5.74, 6) is -0.462. The van der Waals surface area contributed by atoms with Gasteiger partial charge in [0.05, 0.1) is 14.9 Å². The molecule has 3 rings (SSSR count). The molecule has 0 bridgehead atoms. The van der Waals surface area contributed by atoms with Crippen LogP contribution in [0.3, 0.4) is 0 Å². The first kappa shape index (κ1) is 19.8. The number of thiophene rings is 1. The zero-order chi connectivity index (χ0) is 20.1. The molecule has 2 aromatic carbocycles. The first-order valence-corrected chi connectivity index (χ1v) is 9.71. The second kappa shape index (κ2) is 8.82. The molecule has 2 N–H and O–H groups in total. The van der Waals surface area contributed by atoms with Crippen LogP contribution in [0.1, 0.15) is 38.1 Å². The fourth-order valence-electron chi connectivity index (χ4n) is 2.51. The van der Waals surface area contributed by atoms with Crippen LogP contribution in [-0.2, 0) is 0 Å². The van der Waals surface area contributed by atoms with Crippen LogP contribution < -0.4 is 10.7 Å². The van der Waals surface area contributed by atoms with E-state index in [1.807, 2.05) is 37.3 Å². The number of rotatable bonds is 5. The van der Waals surface area contributed by atoms with Crippen molar-refractivity contribution < 1.29 is 9.59 Å². The largest absolute Gasteiger partial charge is 0.322 e. The van der Waals surface area contributed by atoms with Gasteiger partial charge in [0.15, 0.2) is 0 Å². The topological polar surface area (TPSA) is 70.6 Å². The Hall–Kier alpha value is -2.96. The molecule has 0 atom stereocenters. The Morgan fingerprint density at radius 2 is 1.68 bits per heavy atom. The summed E-state index contributed by atoms with van der Waals surface area (Å²) in [6.45, 7) is 3.69. The molecule has 0 aliphatic carbocycles. The number of carbonyl (C=O) groups is 2. The van der Waals surface area contributed by atoms with Crippen molar-refractivity contribution >= 4 is 46.2 Å². The van der Waals surface area contributed by atoms with Gasteiger partial charge in [0.25, 0.3) is 11.8 Å². The molecule has 5 nitrogen and oxygen atoms in total. The van der Waals surface area contributed by atoms with Crippen LogP contribution in [0.25, 0.3) is 0 Å². The van der Waals surface area contributed by atoms with Gasteiger partial charge in [-0.05, 0) is 55.3 Å². The van der Waals surface area contributed by atoms with Crippen LogP contribution in [0.5, 0.6) is 0 Å². The van der Waals surface area contributed by atoms with Gasteiger partial charge in [-0.3, -0.25) is 9.59 Å². The maximum Gasteiger partial charge on any atom is 0.281 e. The molecule has 1 heterocycles. The van der Waals surface area contributed by atoms with Gasteiger partial charge in [-0.2, -0.15) is 5.10 Å². The molecule has 7 heteroatoms. The van der Waals surface area contributed by atoms with Crippen molar-refractivity contribution in [1.82, 2.24) is 5.43 Å². The highest BCUT2D eigenvalue weighted by molar-refractivity contribution is 7.17. The van der Waals surface area contributed by atoms with E-state index in [9.17, 15) is 9.59 Å². The lowest BCUT2D eigenvalue weighted by atomic mass is 10.1. The molecule has 1 aromatic heterocycles. The molecule has 0 fully saturated rings. The zero-order valence-corrected chi connectivity index (χ0v) is 16.9. The minimum absolute atomic E-state index is 0.155. The van der Waals surface area contributed by atoms with E-state index in [2.05, 4.69) is 15.8 Å². The summed E-state index contributed by atoms with van der Waals surface area (Å²) in [6, 6.07) is 18.0. The maximum absolute atomic E-state index is 12.4. The van der Waals surface area contributed by atoms with Gasteiger partial charge in [-0.15, -0.1) is 11.3 Å². The lowest BCUT2D eigenvalue weighted by Crippen LogP contribution is -2.18. The number of anilines is 1. The molecule has 0 saturated carbocycles. The fraction of sp³-hybridized carbons (Fsp3) is 0.0952. The first-order valence-electron chi connectivity index (χ1n) is 8.51. The van der Waals surface area contributed by atoms with E-state index in [-0.39, 0.29) is 11.8 Å². The van der Waals surface area contributed by atoms with Crippen LogP contribution in [0.4, 0.5) is 5.69 Å². The number of halogens is 1. The van der Waals surface area contributed by atoms with Gasteiger partial charge >= 0.3 is 0 Å². The van der Waals surface area contributed by atoms with E-state index in [0.29, 0.717) is 26.2 Å². The van der Waals surface area contributed by atoms with Crippen molar-refractivity contribution in [3.05, 3.63) is 86.6 Å². The number of hydrogen-bond donors (Lipinski definition) is 2. The van der Waals surface area contributed by atoms with Gasteiger partial charge < -0.3 is 5.32 Å². The minimum Gasteiger partial charge on any atom is -0.322 e. The Morgan fingerprint density at radius 3 is 2.32 bits per heavy atom. The predicted molar refractivity (Wildman–Crippen MR) is 115 cm³/mol. The minimum atomic E-state index is -0.307. The van der Waals surface area contributed by atoms with E-state index in [1.165, 1.54) is 11.3 Å². The molecule has 0 unspecified atom stereocenters. The van der Waals surface area contributed by atoms with E-state index in [4.69, 9.17) is 11.6 Å². The van der Waals surface area contributed by atoms with Gasteiger partial charge in [0.2, 0.25) is 0 Å². The molecule has 0 aliphatic rings. The summed E-state index contributed by atoms with van der Waals surface area (Å²) in [4.78, 5) is 24.9. The normalized spacial score (nSPS) is 11.2. The van der Waals surface area contributed by atoms with Crippen molar-refractivity contribution in [1.29, 1.82) is 0 Å². The number of hydrogen-bond acceptors (Lipinski definition) is 4. The van der Waals surface area contributed by atoms with Crippen LogP contribution in [0.2, 0.25) is 4.34 Å². The second-order valence-corrected chi connectivity index (χ2v) is 7.80. The molecule has 28 heavy (non-hydrogen) atoms. The molecular formula is C21H18ClN3O2S. The molecule has 3 aromatic rings. The molecule has 0 saturated heterocycles. The van der Waals surface area contributed by atoms with Crippen molar-refractivity contribution in [3.8, 4) is 0 Å². The molecule has 0 spiro atoms. The van der Waals surface area contributed by atoms with Crippen LogP contribution in [0, 0.1) is 6.92 Å². The summed E-state index contributed by atoms with van der Waals surface area (Å²) in [5.41, 5.74) is 6.23. The van der Waals surface area contributed by atoms with Gasteiger partial charge in [0.1, 0.15) is 0 Å². The van der Waals surface area contributed by atoms with E-state index in [1.54, 1.807) is 37.3 Å². The highest BCUT2D eigenvalue weighted by Gasteiger charge is 2.10. The summed E-state index contributed by atoms with van der Waals surface area (Å²) in [6.07, 6.45) is 0. The second-order valence-electron chi connectivity index (χ2n) is 6.09. The lowest BCUT2D eigenvalue weighted by molar-refractivity contribution is 0.0958. The number of hydrazone groups is 1. The summed E-state index contributed by atoms with van der Waals surface area (Å²) in [5, 5.41) is 7.00. The third-order valence-corrected chi connectivity index (χ3v) is 5.30.